The van der Waals surface area contributed by atoms with Gasteiger partial charge in [0, 0.05) is 13.2 Å². The summed E-state index contributed by atoms with van der Waals surface area (Å²) in [6.07, 6.45) is 1.67. The zero-order chi connectivity index (χ0) is 13.3. The molecular weight excluding hydrogens is 273 g/mol. The number of anilines is 1. The summed E-state index contributed by atoms with van der Waals surface area (Å²) in [5.41, 5.74) is 1.77. The smallest absolute Gasteiger partial charge is 0.272 e. The van der Waals surface area contributed by atoms with Crippen molar-refractivity contribution in [2.75, 3.05) is 5.32 Å². The van der Waals surface area contributed by atoms with Gasteiger partial charge in [0.1, 0.15) is 10.8 Å². The highest BCUT2D eigenvalue weighted by Crippen LogP contribution is 2.18. The first-order valence-electron chi connectivity index (χ1n) is 5.24. The minimum atomic E-state index is -0.239. The molecule has 2 heterocycles. The molecule has 1 N–H and O–H groups in total. The average molecular weight is 284 g/mol. The van der Waals surface area contributed by atoms with Gasteiger partial charge in [-0.3, -0.25) is 4.79 Å². The molecule has 0 aliphatic rings. The van der Waals surface area contributed by atoms with Crippen LogP contribution >= 0.6 is 23.2 Å². The topological polar surface area (TPSA) is 46.9 Å². The van der Waals surface area contributed by atoms with Crippen LogP contribution in [0.1, 0.15) is 16.2 Å². The minimum Gasteiger partial charge on any atom is -0.345 e. The van der Waals surface area contributed by atoms with E-state index in [2.05, 4.69) is 10.3 Å². The van der Waals surface area contributed by atoms with Gasteiger partial charge in [-0.2, -0.15) is 0 Å². The van der Waals surface area contributed by atoms with E-state index in [-0.39, 0.29) is 5.91 Å². The molecule has 0 saturated carbocycles. The number of amides is 1. The van der Waals surface area contributed by atoms with E-state index >= 15 is 0 Å². The molecule has 6 heteroatoms. The van der Waals surface area contributed by atoms with Gasteiger partial charge < -0.3 is 9.88 Å². The molecule has 2 rings (SSSR count). The zero-order valence-electron chi connectivity index (χ0n) is 9.87. The molecular formula is C12H11Cl2N3O. The van der Waals surface area contributed by atoms with E-state index in [1.807, 2.05) is 0 Å². The van der Waals surface area contributed by atoms with Crippen LogP contribution in [0.15, 0.2) is 24.4 Å². The molecule has 4 nitrogen and oxygen atoms in total. The Balaban J connectivity index is 2.24. The molecule has 2 aromatic heterocycles. The lowest BCUT2D eigenvalue weighted by molar-refractivity contribution is 0.101. The summed E-state index contributed by atoms with van der Waals surface area (Å²) in [5, 5.41) is 3.69. The Labute approximate surface area is 115 Å². The molecule has 94 valence electrons. The Hall–Kier alpha value is -1.52. The lowest BCUT2D eigenvalue weighted by Gasteiger charge is -2.08. The fourth-order valence-electron chi connectivity index (χ4n) is 1.60. The maximum atomic E-state index is 12.0. The van der Waals surface area contributed by atoms with Crippen molar-refractivity contribution in [1.29, 1.82) is 0 Å². The third-order valence-corrected chi connectivity index (χ3v) is 2.92. The first-order valence-corrected chi connectivity index (χ1v) is 5.99. The van der Waals surface area contributed by atoms with E-state index in [1.165, 1.54) is 0 Å². The van der Waals surface area contributed by atoms with Crippen LogP contribution in [0.3, 0.4) is 0 Å². The van der Waals surface area contributed by atoms with Gasteiger partial charge in [0.2, 0.25) is 0 Å². The standard InChI is InChI=1S/C12H11Cl2N3O/c1-7-9(3-4-11(14)15-7)16-12(18)10-5-8(13)6-17(10)2/h3-6H,1-2H3,(H,16,18). The number of rotatable bonds is 2. The van der Waals surface area contributed by atoms with Crippen molar-refractivity contribution in [3.8, 4) is 0 Å². The van der Waals surface area contributed by atoms with E-state index in [1.54, 1.807) is 42.9 Å². The Morgan fingerprint density at radius 1 is 1.39 bits per heavy atom. The minimum absolute atomic E-state index is 0.239. The van der Waals surface area contributed by atoms with Crippen molar-refractivity contribution in [2.45, 2.75) is 6.92 Å². The summed E-state index contributed by atoms with van der Waals surface area (Å²) in [6, 6.07) is 4.95. The molecule has 0 aromatic carbocycles. The van der Waals surface area contributed by atoms with Gasteiger partial charge in [-0.1, -0.05) is 23.2 Å². The van der Waals surface area contributed by atoms with Crippen molar-refractivity contribution in [2.24, 2.45) is 7.05 Å². The van der Waals surface area contributed by atoms with Crippen molar-refractivity contribution < 1.29 is 4.79 Å². The summed E-state index contributed by atoms with van der Waals surface area (Å²) >= 11 is 11.6. The van der Waals surface area contributed by atoms with E-state index in [4.69, 9.17) is 23.2 Å². The van der Waals surface area contributed by atoms with Gasteiger partial charge >= 0.3 is 0 Å². The third-order valence-electron chi connectivity index (χ3n) is 2.50. The van der Waals surface area contributed by atoms with Crippen LogP contribution in [0.5, 0.6) is 0 Å². The molecule has 0 aliphatic heterocycles. The number of nitrogens with one attached hydrogen (secondary N) is 1. The number of hydrogen-bond acceptors (Lipinski definition) is 2. The van der Waals surface area contributed by atoms with Gasteiger partial charge in [-0.15, -0.1) is 0 Å². The Morgan fingerprint density at radius 3 is 2.67 bits per heavy atom. The highest BCUT2D eigenvalue weighted by Gasteiger charge is 2.12. The fourth-order valence-corrected chi connectivity index (χ4v) is 2.04. The van der Waals surface area contributed by atoms with Crippen LogP contribution in [0.4, 0.5) is 5.69 Å². The van der Waals surface area contributed by atoms with Crippen molar-refractivity contribution >= 4 is 34.8 Å². The highest BCUT2D eigenvalue weighted by atomic mass is 35.5. The van der Waals surface area contributed by atoms with Gasteiger partial charge in [0.05, 0.1) is 16.4 Å². The average Bonchev–Trinajstić information content (AvgIpc) is 2.62. The molecule has 18 heavy (non-hydrogen) atoms. The highest BCUT2D eigenvalue weighted by molar-refractivity contribution is 6.31. The van der Waals surface area contributed by atoms with Crippen LogP contribution < -0.4 is 5.32 Å². The SMILES string of the molecule is Cc1nc(Cl)ccc1NC(=O)c1cc(Cl)cn1C. The third kappa shape index (κ3) is 2.66. The molecule has 2 aromatic rings. The number of pyridine rings is 1. The predicted octanol–water partition coefficient (Wildman–Crippen LogP) is 3.29. The number of carbonyl (C=O) groups excluding carboxylic acids is 1. The van der Waals surface area contributed by atoms with Crippen molar-refractivity contribution in [3.63, 3.8) is 0 Å². The second-order valence-electron chi connectivity index (χ2n) is 3.88. The maximum Gasteiger partial charge on any atom is 0.272 e. The molecule has 1 amide bonds. The second-order valence-corrected chi connectivity index (χ2v) is 4.70. The second kappa shape index (κ2) is 5.00. The van der Waals surface area contributed by atoms with E-state index in [0.717, 1.165) is 0 Å². The first kappa shape index (κ1) is 12.9. The Kier molecular flexibility index (Phi) is 3.59. The van der Waals surface area contributed by atoms with E-state index < -0.39 is 0 Å². The zero-order valence-corrected chi connectivity index (χ0v) is 11.4. The van der Waals surface area contributed by atoms with Crippen LogP contribution in [0.2, 0.25) is 10.2 Å². The summed E-state index contributed by atoms with van der Waals surface area (Å²) in [4.78, 5) is 16.1. The van der Waals surface area contributed by atoms with Crippen LogP contribution in [-0.4, -0.2) is 15.5 Å². The molecule has 0 fully saturated rings. The fraction of sp³-hybridized carbons (Fsp3) is 0.167. The summed E-state index contributed by atoms with van der Waals surface area (Å²) in [7, 11) is 1.76. The van der Waals surface area contributed by atoms with Gasteiger partial charge in [0.15, 0.2) is 0 Å². The van der Waals surface area contributed by atoms with Crippen LogP contribution in [-0.2, 0) is 7.05 Å². The van der Waals surface area contributed by atoms with Crippen molar-refractivity contribution in [3.05, 3.63) is 46.0 Å². The van der Waals surface area contributed by atoms with Crippen LogP contribution in [0, 0.1) is 6.92 Å². The first-order chi connectivity index (χ1) is 8.47. The van der Waals surface area contributed by atoms with E-state index in [9.17, 15) is 4.79 Å². The molecule has 0 unspecified atom stereocenters. The number of hydrogen-bond donors (Lipinski definition) is 1. The van der Waals surface area contributed by atoms with Gasteiger partial charge in [-0.25, -0.2) is 4.98 Å². The van der Waals surface area contributed by atoms with Crippen molar-refractivity contribution in [1.82, 2.24) is 9.55 Å². The maximum absolute atomic E-state index is 12.0. The molecule has 0 saturated heterocycles. The normalized spacial score (nSPS) is 10.4. The van der Waals surface area contributed by atoms with Gasteiger partial charge in [-0.05, 0) is 25.1 Å². The number of halogens is 2. The number of carbonyl (C=O) groups is 1. The molecule has 0 spiro atoms. The molecule has 0 aliphatic carbocycles. The number of aromatic nitrogens is 2. The number of nitrogens with zero attached hydrogens (tertiary/aromatic N) is 2. The lowest BCUT2D eigenvalue weighted by Crippen LogP contribution is -2.16. The molecule has 0 atom stereocenters. The Bertz CT molecular complexity index is 607. The van der Waals surface area contributed by atoms with E-state index in [0.29, 0.717) is 27.3 Å². The quantitative estimate of drug-likeness (QED) is 0.860. The number of aryl methyl sites for hydroxylation is 2. The van der Waals surface area contributed by atoms with Gasteiger partial charge in [0.25, 0.3) is 5.91 Å². The monoisotopic (exact) mass is 283 g/mol. The molecule has 0 bridgehead atoms. The largest absolute Gasteiger partial charge is 0.345 e. The molecule has 0 radical (unpaired) electrons. The Morgan fingerprint density at radius 2 is 2.11 bits per heavy atom. The summed E-state index contributed by atoms with van der Waals surface area (Å²) in [5.74, 6) is -0.239. The predicted molar refractivity (Wildman–Crippen MR) is 72.4 cm³/mol. The summed E-state index contributed by atoms with van der Waals surface area (Å²) < 4.78 is 1.66. The summed E-state index contributed by atoms with van der Waals surface area (Å²) in [6.45, 7) is 1.78. The van der Waals surface area contributed by atoms with Crippen LogP contribution in [0.25, 0.3) is 0 Å². The lowest BCUT2D eigenvalue weighted by atomic mass is 10.3.